The van der Waals surface area contributed by atoms with Crippen LogP contribution in [0.1, 0.15) is 18.9 Å². The highest BCUT2D eigenvalue weighted by molar-refractivity contribution is 5.26. The molecule has 1 aromatic rings. The number of hydrogen-bond acceptors (Lipinski definition) is 0. The van der Waals surface area contributed by atoms with Crippen LogP contribution in [-0.2, 0) is 6.54 Å². The number of terminal acetylenes is 1. The molecule has 1 heteroatoms. The zero-order chi connectivity index (χ0) is 8.10. The molecule has 0 atom stereocenters. The lowest BCUT2D eigenvalue weighted by Gasteiger charge is -1.92. The van der Waals surface area contributed by atoms with Crippen LogP contribution in [0.2, 0.25) is 0 Å². The Bertz CT molecular complexity index is 270. The molecule has 1 rings (SSSR count). The van der Waals surface area contributed by atoms with Gasteiger partial charge in [0.1, 0.15) is 6.54 Å². The minimum Gasteiger partial charge on any atom is -0.204 e. The molecule has 0 spiro atoms. The van der Waals surface area contributed by atoms with Crippen LogP contribution in [0.3, 0.4) is 0 Å². The van der Waals surface area contributed by atoms with E-state index in [1.54, 1.807) is 0 Å². The smallest absolute Gasteiger partial charge is 0.184 e. The average Bonchev–Trinajstić information content (AvgIpc) is 2.06. The van der Waals surface area contributed by atoms with E-state index in [9.17, 15) is 0 Å². The van der Waals surface area contributed by atoms with E-state index in [1.807, 2.05) is 24.5 Å². The molecule has 0 amide bonds. The fourth-order valence-corrected chi connectivity index (χ4v) is 1.00. The Balaban J connectivity index is 2.85. The van der Waals surface area contributed by atoms with Gasteiger partial charge in [-0.2, -0.15) is 0 Å². The summed E-state index contributed by atoms with van der Waals surface area (Å²) in [7, 11) is 0. The number of rotatable bonds is 2. The second-order valence-corrected chi connectivity index (χ2v) is 2.47. The number of hydrogen-bond donors (Lipinski definition) is 0. The third kappa shape index (κ3) is 2.09. The summed E-state index contributed by atoms with van der Waals surface area (Å²) in [5.41, 5.74) is 0.945. The lowest BCUT2D eigenvalue weighted by Crippen LogP contribution is -2.32. The van der Waals surface area contributed by atoms with Crippen molar-refractivity contribution in [2.24, 2.45) is 0 Å². The van der Waals surface area contributed by atoms with E-state index in [0.29, 0.717) is 0 Å². The highest BCUT2D eigenvalue weighted by Gasteiger charge is 1.97. The van der Waals surface area contributed by atoms with Crippen LogP contribution in [0.15, 0.2) is 24.5 Å². The maximum Gasteiger partial charge on any atom is 0.184 e. The zero-order valence-corrected chi connectivity index (χ0v) is 6.75. The molecule has 0 N–H and O–H groups in total. The van der Waals surface area contributed by atoms with Crippen molar-refractivity contribution in [1.29, 1.82) is 0 Å². The molecule has 0 saturated carbocycles. The van der Waals surface area contributed by atoms with Crippen molar-refractivity contribution in [1.82, 2.24) is 0 Å². The fraction of sp³-hybridized carbons (Fsp3) is 0.300. The second kappa shape index (κ2) is 3.78. The van der Waals surface area contributed by atoms with Crippen molar-refractivity contribution in [2.45, 2.75) is 19.9 Å². The third-order valence-electron chi connectivity index (χ3n) is 1.51. The molecule has 0 saturated heterocycles. The van der Waals surface area contributed by atoms with Crippen LogP contribution in [-0.4, -0.2) is 0 Å². The predicted octanol–water partition coefficient (Wildman–Crippen LogP) is 1.37. The first kappa shape index (κ1) is 7.81. The van der Waals surface area contributed by atoms with Crippen molar-refractivity contribution < 1.29 is 4.57 Å². The van der Waals surface area contributed by atoms with E-state index in [4.69, 9.17) is 6.42 Å². The third-order valence-corrected chi connectivity index (χ3v) is 1.51. The summed E-state index contributed by atoms with van der Waals surface area (Å²) >= 11 is 0. The lowest BCUT2D eigenvalue weighted by atomic mass is 10.3. The molecule has 0 unspecified atom stereocenters. The Morgan fingerprint density at radius 1 is 1.64 bits per heavy atom. The van der Waals surface area contributed by atoms with Crippen molar-refractivity contribution in [3.05, 3.63) is 30.1 Å². The number of aryl methyl sites for hydroxylation is 1. The molecular formula is C10H12N+. The molecule has 0 fully saturated rings. The summed E-state index contributed by atoms with van der Waals surface area (Å²) in [6.45, 7) is 3.19. The summed E-state index contributed by atoms with van der Waals surface area (Å²) in [5, 5.41) is 0. The molecule has 1 heterocycles. The lowest BCUT2D eigenvalue weighted by molar-refractivity contribution is -0.697. The Morgan fingerprint density at radius 2 is 2.45 bits per heavy atom. The van der Waals surface area contributed by atoms with E-state index >= 15 is 0 Å². The highest BCUT2D eigenvalue weighted by atomic mass is 14.9. The molecule has 1 nitrogen and oxygen atoms in total. The van der Waals surface area contributed by atoms with Gasteiger partial charge in [-0.15, -0.1) is 6.42 Å². The quantitative estimate of drug-likeness (QED) is 0.438. The first-order chi connectivity index (χ1) is 5.36. The summed E-state index contributed by atoms with van der Waals surface area (Å²) in [6, 6.07) is 3.91. The molecule has 0 aliphatic heterocycles. The van der Waals surface area contributed by atoms with Crippen LogP contribution < -0.4 is 4.57 Å². The summed E-state index contributed by atoms with van der Waals surface area (Å²) in [5.74, 6) is 2.60. The van der Waals surface area contributed by atoms with E-state index in [-0.39, 0.29) is 0 Å². The Kier molecular flexibility index (Phi) is 2.68. The summed E-state index contributed by atoms with van der Waals surface area (Å²) in [6.07, 6.45) is 10.4. The average molecular weight is 146 g/mol. The van der Waals surface area contributed by atoms with Crippen LogP contribution in [0.4, 0.5) is 0 Å². The van der Waals surface area contributed by atoms with Gasteiger partial charge in [-0.05, 0) is 6.07 Å². The van der Waals surface area contributed by atoms with E-state index in [0.717, 1.165) is 18.5 Å². The van der Waals surface area contributed by atoms with Gasteiger partial charge in [0.2, 0.25) is 0 Å². The molecule has 0 aliphatic carbocycles. The van der Waals surface area contributed by atoms with Gasteiger partial charge >= 0.3 is 0 Å². The van der Waals surface area contributed by atoms with Crippen LogP contribution in [0.25, 0.3) is 0 Å². The molecule has 11 heavy (non-hydrogen) atoms. The van der Waals surface area contributed by atoms with Crippen LogP contribution >= 0.6 is 0 Å². The van der Waals surface area contributed by atoms with E-state index < -0.39 is 0 Å². The molecular weight excluding hydrogens is 134 g/mol. The monoisotopic (exact) mass is 146 g/mol. The van der Waals surface area contributed by atoms with Gasteiger partial charge < -0.3 is 0 Å². The van der Waals surface area contributed by atoms with Crippen LogP contribution in [0, 0.1) is 12.3 Å². The van der Waals surface area contributed by atoms with Crippen molar-refractivity contribution in [3.8, 4) is 12.3 Å². The minimum absolute atomic E-state index is 0.945. The maximum atomic E-state index is 5.25. The normalized spacial score (nSPS) is 9.09. The van der Waals surface area contributed by atoms with Gasteiger partial charge in [0.25, 0.3) is 0 Å². The van der Waals surface area contributed by atoms with E-state index in [2.05, 4.69) is 17.4 Å². The Labute approximate surface area is 67.7 Å². The van der Waals surface area contributed by atoms with Crippen molar-refractivity contribution in [3.63, 3.8) is 0 Å². The van der Waals surface area contributed by atoms with Crippen molar-refractivity contribution >= 4 is 0 Å². The second-order valence-electron chi connectivity index (χ2n) is 2.47. The molecule has 0 aromatic carbocycles. The first-order valence-corrected chi connectivity index (χ1v) is 3.82. The standard InChI is InChI=1S/C10H12N/c1-3-7-11-8-5-6-10(4-2)9-11/h2,5-6,8-9H,3,7H2,1H3/q+1. The van der Waals surface area contributed by atoms with E-state index in [1.165, 1.54) is 0 Å². The molecule has 0 bridgehead atoms. The Morgan fingerprint density at radius 3 is 3.09 bits per heavy atom. The van der Waals surface area contributed by atoms with Gasteiger partial charge in [-0.1, -0.05) is 12.8 Å². The maximum absolute atomic E-state index is 5.25. The molecule has 0 radical (unpaired) electrons. The predicted molar refractivity (Wildman–Crippen MR) is 44.9 cm³/mol. The topological polar surface area (TPSA) is 3.88 Å². The largest absolute Gasteiger partial charge is 0.204 e. The number of pyridine rings is 1. The van der Waals surface area contributed by atoms with Gasteiger partial charge in [0.15, 0.2) is 12.4 Å². The molecule has 1 aromatic heterocycles. The summed E-state index contributed by atoms with van der Waals surface area (Å²) < 4.78 is 2.11. The van der Waals surface area contributed by atoms with Gasteiger partial charge in [0.05, 0.1) is 5.56 Å². The molecule has 56 valence electrons. The minimum atomic E-state index is 0.945. The number of aromatic nitrogens is 1. The van der Waals surface area contributed by atoms with Crippen molar-refractivity contribution in [2.75, 3.05) is 0 Å². The molecule has 0 aliphatic rings. The fourth-order valence-electron chi connectivity index (χ4n) is 1.00. The summed E-state index contributed by atoms with van der Waals surface area (Å²) in [4.78, 5) is 0. The highest BCUT2D eigenvalue weighted by Crippen LogP contribution is 1.90. The van der Waals surface area contributed by atoms with Gasteiger partial charge in [0, 0.05) is 12.5 Å². The van der Waals surface area contributed by atoms with Gasteiger partial charge in [-0.25, -0.2) is 4.57 Å². The van der Waals surface area contributed by atoms with Crippen LogP contribution in [0.5, 0.6) is 0 Å². The number of nitrogens with zero attached hydrogens (tertiary/aromatic N) is 1. The zero-order valence-electron chi connectivity index (χ0n) is 6.75. The first-order valence-electron chi connectivity index (χ1n) is 3.82. The Hall–Kier alpha value is -1.29. The van der Waals surface area contributed by atoms with Gasteiger partial charge in [-0.3, -0.25) is 0 Å². The SMILES string of the molecule is C#Cc1ccc[n+](CCC)c1.